The van der Waals surface area contributed by atoms with E-state index in [-0.39, 0.29) is 5.25 Å². The Morgan fingerprint density at radius 3 is 2.50 bits per heavy atom. The van der Waals surface area contributed by atoms with E-state index >= 15 is 0 Å². The maximum Gasteiger partial charge on any atom is 0.217 e. The first kappa shape index (κ1) is 12.3. The summed E-state index contributed by atoms with van der Waals surface area (Å²) >= 11 is 0. The van der Waals surface area contributed by atoms with Crippen LogP contribution in [0.4, 0.5) is 0 Å². The molecule has 2 aliphatic heterocycles. The molecule has 0 aliphatic carbocycles. The molecule has 0 aromatic carbocycles. The Hall–Kier alpha value is -0.170. The molecule has 2 N–H and O–H groups in total. The van der Waals surface area contributed by atoms with E-state index < -0.39 is 10.0 Å². The first-order chi connectivity index (χ1) is 7.64. The summed E-state index contributed by atoms with van der Waals surface area (Å²) < 4.78 is 31.4. The lowest BCUT2D eigenvalue weighted by Gasteiger charge is -2.27. The SMILES string of the molecule is NCC1CCN(S(=O)(=O)C2CCOCC2)C1. The Morgan fingerprint density at radius 2 is 1.94 bits per heavy atom. The van der Waals surface area contributed by atoms with Crippen molar-refractivity contribution in [3.63, 3.8) is 0 Å². The second-order valence-corrected chi connectivity index (χ2v) is 6.82. The number of rotatable bonds is 3. The minimum Gasteiger partial charge on any atom is -0.381 e. The van der Waals surface area contributed by atoms with Crippen LogP contribution in [0, 0.1) is 5.92 Å². The Kier molecular flexibility index (Phi) is 3.84. The molecule has 1 atom stereocenters. The van der Waals surface area contributed by atoms with Gasteiger partial charge in [0.05, 0.1) is 5.25 Å². The summed E-state index contributed by atoms with van der Waals surface area (Å²) in [5, 5.41) is -0.238. The average molecular weight is 248 g/mol. The van der Waals surface area contributed by atoms with Crippen LogP contribution in [0.15, 0.2) is 0 Å². The summed E-state index contributed by atoms with van der Waals surface area (Å²) in [4.78, 5) is 0. The number of hydrogen-bond acceptors (Lipinski definition) is 4. The monoisotopic (exact) mass is 248 g/mol. The van der Waals surface area contributed by atoms with Crippen molar-refractivity contribution >= 4 is 10.0 Å². The van der Waals surface area contributed by atoms with Crippen molar-refractivity contribution in [3.05, 3.63) is 0 Å². The maximum atomic E-state index is 12.3. The highest BCUT2D eigenvalue weighted by Gasteiger charge is 2.37. The molecule has 16 heavy (non-hydrogen) atoms. The lowest BCUT2D eigenvalue weighted by molar-refractivity contribution is 0.0973. The molecule has 0 amide bonds. The largest absolute Gasteiger partial charge is 0.381 e. The van der Waals surface area contributed by atoms with E-state index in [1.165, 1.54) is 0 Å². The number of hydrogen-bond donors (Lipinski definition) is 1. The normalized spacial score (nSPS) is 29.7. The van der Waals surface area contributed by atoms with Crippen LogP contribution in [0.5, 0.6) is 0 Å². The number of nitrogens with zero attached hydrogens (tertiary/aromatic N) is 1. The molecular weight excluding hydrogens is 228 g/mol. The lowest BCUT2D eigenvalue weighted by Crippen LogP contribution is -2.40. The maximum absolute atomic E-state index is 12.3. The van der Waals surface area contributed by atoms with E-state index in [0.29, 0.717) is 51.6 Å². The Labute approximate surface area is 97.0 Å². The van der Waals surface area contributed by atoms with E-state index in [0.717, 1.165) is 6.42 Å². The standard InChI is InChI=1S/C10H20N2O3S/c11-7-9-1-4-12(8-9)16(13,14)10-2-5-15-6-3-10/h9-10H,1-8,11H2. The summed E-state index contributed by atoms with van der Waals surface area (Å²) in [6, 6.07) is 0. The summed E-state index contributed by atoms with van der Waals surface area (Å²) in [5.41, 5.74) is 5.58. The van der Waals surface area contributed by atoms with Crippen molar-refractivity contribution in [2.45, 2.75) is 24.5 Å². The van der Waals surface area contributed by atoms with E-state index in [1.807, 2.05) is 0 Å². The summed E-state index contributed by atoms with van der Waals surface area (Å²) in [5.74, 6) is 0.342. The van der Waals surface area contributed by atoms with Gasteiger partial charge in [0, 0.05) is 26.3 Å². The van der Waals surface area contributed by atoms with Crippen LogP contribution in [0.1, 0.15) is 19.3 Å². The van der Waals surface area contributed by atoms with Crippen LogP contribution in [0.2, 0.25) is 0 Å². The highest BCUT2D eigenvalue weighted by Crippen LogP contribution is 2.25. The second kappa shape index (κ2) is 5.00. The van der Waals surface area contributed by atoms with Gasteiger partial charge in [0.15, 0.2) is 0 Å². The van der Waals surface area contributed by atoms with E-state index in [2.05, 4.69) is 0 Å². The molecule has 0 bridgehead atoms. The van der Waals surface area contributed by atoms with Gasteiger partial charge in [-0.3, -0.25) is 0 Å². The molecule has 0 aromatic rings. The minimum absolute atomic E-state index is 0.238. The molecule has 2 heterocycles. The minimum atomic E-state index is -3.11. The van der Waals surface area contributed by atoms with Gasteiger partial charge in [-0.2, -0.15) is 0 Å². The molecule has 2 saturated heterocycles. The van der Waals surface area contributed by atoms with Gasteiger partial charge in [-0.15, -0.1) is 0 Å². The highest BCUT2D eigenvalue weighted by atomic mass is 32.2. The third-order valence-corrected chi connectivity index (χ3v) is 5.90. The van der Waals surface area contributed by atoms with Gasteiger partial charge < -0.3 is 10.5 Å². The summed E-state index contributed by atoms with van der Waals surface area (Å²) in [6.45, 7) is 2.97. The quantitative estimate of drug-likeness (QED) is 0.749. The van der Waals surface area contributed by atoms with Gasteiger partial charge in [-0.05, 0) is 31.7 Å². The van der Waals surface area contributed by atoms with Crippen molar-refractivity contribution in [1.29, 1.82) is 0 Å². The Bertz CT molecular complexity index is 325. The molecule has 0 aromatic heterocycles. The van der Waals surface area contributed by atoms with Crippen LogP contribution < -0.4 is 5.73 Å². The topological polar surface area (TPSA) is 72.6 Å². The molecule has 2 aliphatic rings. The lowest BCUT2D eigenvalue weighted by atomic mass is 10.1. The number of sulfonamides is 1. The molecule has 6 heteroatoms. The van der Waals surface area contributed by atoms with Crippen LogP contribution >= 0.6 is 0 Å². The van der Waals surface area contributed by atoms with E-state index in [1.54, 1.807) is 4.31 Å². The van der Waals surface area contributed by atoms with Gasteiger partial charge >= 0.3 is 0 Å². The zero-order chi connectivity index (χ0) is 11.6. The van der Waals surface area contributed by atoms with Gasteiger partial charge in [0.25, 0.3) is 0 Å². The van der Waals surface area contributed by atoms with Gasteiger partial charge in [0.2, 0.25) is 10.0 Å². The number of nitrogens with two attached hydrogens (primary N) is 1. The predicted octanol–water partition coefficient (Wildman–Crippen LogP) is -0.224. The third-order valence-electron chi connectivity index (χ3n) is 3.53. The summed E-state index contributed by atoms with van der Waals surface area (Å²) in [6.07, 6.45) is 2.16. The van der Waals surface area contributed by atoms with Gasteiger partial charge in [-0.1, -0.05) is 0 Å². The van der Waals surface area contributed by atoms with Crippen molar-refractivity contribution in [2.24, 2.45) is 11.7 Å². The second-order valence-electron chi connectivity index (χ2n) is 4.61. The van der Waals surface area contributed by atoms with Crippen LogP contribution in [-0.4, -0.2) is 50.8 Å². The first-order valence-corrected chi connectivity index (χ1v) is 7.41. The van der Waals surface area contributed by atoms with E-state index in [9.17, 15) is 8.42 Å². The van der Waals surface area contributed by atoms with Crippen LogP contribution in [0.25, 0.3) is 0 Å². The van der Waals surface area contributed by atoms with Crippen LogP contribution in [-0.2, 0) is 14.8 Å². The third kappa shape index (κ3) is 2.40. The fraction of sp³-hybridized carbons (Fsp3) is 1.00. The molecule has 2 fully saturated rings. The fourth-order valence-electron chi connectivity index (χ4n) is 2.41. The highest BCUT2D eigenvalue weighted by molar-refractivity contribution is 7.89. The predicted molar refractivity (Wildman–Crippen MR) is 61.5 cm³/mol. The molecule has 2 rings (SSSR count). The smallest absolute Gasteiger partial charge is 0.217 e. The zero-order valence-electron chi connectivity index (χ0n) is 9.47. The average Bonchev–Trinajstić information content (AvgIpc) is 2.79. The van der Waals surface area contributed by atoms with Crippen molar-refractivity contribution in [2.75, 3.05) is 32.8 Å². The van der Waals surface area contributed by atoms with E-state index in [4.69, 9.17) is 10.5 Å². The van der Waals surface area contributed by atoms with Crippen LogP contribution in [0.3, 0.4) is 0 Å². The van der Waals surface area contributed by atoms with Crippen molar-refractivity contribution in [3.8, 4) is 0 Å². The van der Waals surface area contributed by atoms with Crippen molar-refractivity contribution in [1.82, 2.24) is 4.31 Å². The molecular formula is C10H20N2O3S. The number of ether oxygens (including phenoxy) is 1. The van der Waals surface area contributed by atoms with Gasteiger partial charge in [-0.25, -0.2) is 12.7 Å². The first-order valence-electron chi connectivity index (χ1n) is 5.91. The summed E-state index contributed by atoms with van der Waals surface area (Å²) in [7, 11) is -3.11. The molecule has 0 radical (unpaired) electrons. The van der Waals surface area contributed by atoms with Gasteiger partial charge in [0.1, 0.15) is 0 Å². The van der Waals surface area contributed by atoms with Crippen molar-refractivity contribution < 1.29 is 13.2 Å². The molecule has 0 saturated carbocycles. The molecule has 94 valence electrons. The zero-order valence-corrected chi connectivity index (χ0v) is 10.3. The molecule has 5 nitrogen and oxygen atoms in total. The Balaban J connectivity index is 2.01. The molecule has 0 spiro atoms. The molecule has 1 unspecified atom stereocenters. The fourth-order valence-corrected chi connectivity index (χ4v) is 4.39. The Morgan fingerprint density at radius 1 is 1.25 bits per heavy atom.